The van der Waals surface area contributed by atoms with Gasteiger partial charge >= 0.3 is 0 Å². The van der Waals surface area contributed by atoms with Crippen LogP contribution in [0, 0.1) is 0 Å². The minimum Gasteiger partial charge on any atom is -0.310 e. The molecule has 0 aromatic heterocycles. The molecule has 0 amide bonds. The van der Waals surface area contributed by atoms with Gasteiger partial charge < -0.3 is 5.32 Å². The van der Waals surface area contributed by atoms with Crippen molar-refractivity contribution in [1.29, 1.82) is 0 Å². The molecule has 0 aliphatic carbocycles. The van der Waals surface area contributed by atoms with E-state index in [0.717, 1.165) is 24.9 Å². The maximum atomic E-state index is 12.4. The average molecular weight is 298 g/mol. The summed E-state index contributed by atoms with van der Waals surface area (Å²) in [5.41, 5.74) is 1.00. The molecule has 4 nitrogen and oxygen atoms in total. The zero-order valence-corrected chi connectivity index (χ0v) is 13.7. The summed E-state index contributed by atoms with van der Waals surface area (Å²) in [5, 5.41) is 3.37. The Hall–Kier alpha value is -0.910. The molecular formula is C15H26N2O2S. The van der Waals surface area contributed by atoms with Gasteiger partial charge in [0, 0.05) is 19.6 Å². The molecule has 5 heteroatoms. The molecule has 0 bridgehead atoms. The Morgan fingerprint density at radius 1 is 1.25 bits per heavy atom. The molecule has 0 radical (unpaired) electrons. The van der Waals surface area contributed by atoms with Gasteiger partial charge in [-0.2, -0.15) is 0 Å². The van der Waals surface area contributed by atoms with Crippen LogP contribution in [0.25, 0.3) is 0 Å². The van der Waals surface area contributed by atoms with Crippen LogP contribution >= 0.6 is 0 Å². The van der Waals surface area contributed by atoms with Crippen molar-refractivity contribution in [1.82, 2.24) is 9.62 Å². The molecule has 0 saturated heterocycles. The Labute approximate surface area is 123 Å². The van der Waals surface area contributed by atoms with Crippen molar-refractivity contribution < 1.29 is 8.42 Å². The number of rotatable bonds is 8. The first kappa shape index (κ1) is 17.1. The van der Waals surface area contributed by atoms with E-state index in [1.807, 2.05) is 19.1 Å². The van der Waals surface area contributed by atoms with E-state index in [1.54, 1.807) is 19.2 Å². The zero-order valence-electron chi connectivity index (χ0n) is 12.9. The minimum absolute atomic E-state index is 0.154. The van der Waals surface area contributed by atoms with E-state index in [-0.39, 0.29) is 6.04 Å². The lowest BCUT2D eigenvalue weighted by Crippen LogP contribution is -2.28. The van der Waals surface area contributed by atoms with E-state index in [0.29, 0.717) is 11.4 Å². The smallest absolute Gasteiger partial charge is 0.242 e. The van der Waals surface area contributed by atoms with Crippen molar-refractivity contribution in [2.45, 2.75) is 44.6 Å². The summed E-state index contributed by atoms with van der Waals surface area (Å²) in [5.74, 6) is 0. The second kappa shape index (κ2) is 7.76. The molecule has 1 atom stereocenters. The van der Waals surface area contributed by atoms with Gasteiger partial charge in [-0.1, -0.05) is 26.0 Å². The second-order valence-electron chi connectivity index (χ2n) is 5.07. The van der Waals surface area contributed by atoms with E-state index in [2.05, 4.69) is 19.2 Å². The SMILES string of the molecule is CCCNC(C)c1cccc(S(=O)(=O)N(C)CCC)c1. The van der Waals surface area contributed by atoms with E-state index in [9.17, 15) is 8.42 Å². The van der Waals surface area contributed by atoms with Crippen LogP contribution in [0.5, 0.6) is 0 Å². The highest BCUT2D eigenvalue weighted by atomic mass is 32.2. The Morgan fingerprint density at radius 2 is 1.95 bits per heavy atom. The summed E-state index contributed by atoms with van der Waals surface area (Å²) in [4.78, 5) is 0.371. The van der Waals surface area contributed by atoms with Gasteiger partial charge in [-0.15, -0.1) is 0 Å². The normalized spacial score (nSPS) is 13.7. The van der Waals surface area contributed by atoms with Crippen LogP contribution in [-0.2, 0) is 10.0 Å². The Kier molecular flexibility index (Phi) is 6.65. The molecule has 0 heterocycles. The number of nitrogens with zero attached hydrogens (tertiary/aromatic N) is 1. The fourth-order valence-corrected chi connectivity index (χ4v) is 3.36. The van der Waals surface area contributed by atoms with Crippen LogP contribution in [0.4, 0.5) is 0 Å². The zero-order chi connectivity index (χ0) is 15.2. The van der Waals surface area contributed by atoms with Crippen molar-refractivity contribution in [2.24, 2.45) is 0 Å². The Morgan fingerprint density at radius 3 is 2.55 bits per heavy atom. The molecule has 1 aromatic carbocycles. The van der Waals surface area contributed by atoms with Crippen LogP contribution in [-0.4, -0.2) is 32.9 Å². The summed E-state index contributed by atoms with van der Waals surface area (Å²) in [7, 11) is -1.74. The predicted molar refractivity (Wildman–Crippen MR) is 83.3 cm³/mol. The first-order valence-corrected chi connectivity index (χ1v) is 8.67. The molecule has 1 rings (SSSR count). The second-order valence-corrected chi connectivity index (χ2v) is 7.12. The fourth-order valence-electron chi connectivity index (χ4n) is 2.04. The first-order chi connectivity index (χ1) is 9.43. The first-order valence-electron chi connectivity index (χ1n) is 7.23. The third-order valence-corrected chi connectivity index (χ3v) is 5.16. The van der Waals surface area contributed by atoms with Crippen molar-refractivity contribution in [2.75, 3.05) is 20.1 Å². The highest BCUT2D eigenvalue weighted by Gasteiger charge is 2.20. The summed E-state index contributed by atoms with van der Waals surface area (Å²) in [6.07, 6.45) is 1.87. The van der Waals surface area contributed by atoms with Crippen molar-refractivity contribution >= 4 is 10.0 Å². The standard InChI is InChI=1S/C15H26N2O2S/c1-5-10-16-13(3)14-8-7-9-15(12-14)20(18,19)17(4)11-6-2/h7-9,12-13,16H,5-6,10-11H2,1-4H3. The van der Waals surface area contributed by atoms with E-state index in [4.69, 9.17) is 0 Å². The van der Waals surface area contributed by atoms with Crippen LogP contribution in [0.1, 0.15) is 45.2 Å². The Bertz CT molecular complexity index is 514. The quantitative estimate of drug-likeness (QED) is 0.803. The van der Waals surface area contributed by atoms with Gasteiger partial charge in [0.1, 0.15) is 0 Å². The van der Waals surface area contributed by atoms with Gasteiger partial charge in [0.25, 0.3) is 0 Å². The lowest BCUT2D eigenvalue weighted by molar-refractivity contribution is 0.468. The molecule has 0 aliphatic rings. The topological polar surface area (TPSA) is 49.4 Å². The van der Waals surface area contributed by atoms with Crippen LogP contribution in [0.15, 0.2) is 29.2 Å². The summed E-state index contributed by atoms with van der Waals surface area (Å²) in [6, 6.07) is 7.37. The number of nitrogens with one attached hydrogen (secondary N) is 1. The molecule has 0 aliphatic heterocycles. The highest BCUT2D eigenvalue weighted by Crippen LogP contribution is 2.20. The van der Waals surface area contributed by atoms with Gasteiger partial charge in [-0.25, -0.2) is 12.7 Å². The van der Waals surface area contributed by atoms with E-state index >= 15 is 0 Å². The predicted octanol–water partition coefficient (Wildman–Crippen LogP) is 2.78. The lowest BCUT2D eigenvalue weighted by atomic mass is 10.1. The Balaban J connectivity index is 2.98. The maximum Gasteiger partial charge on any atom is 0.242 e. The molecule has 0 fully saturated rings. The number of hydrogen-bond acceptors (Lipinski definition) is 3. The van der Waals surface area contributed by atoms with Gasteiger partial charge in [-0.05, 0) is 44.0 Å². The summed E-state index contributed by atoms with van der Waals surface area (Å²) < 4.78 is 26.2. The van der Waals surface area contributed by atoms with Crippen molar-refractivity contribution in [3.8, 4) is 0 Å². The molecule has 0 saturated carbocycles. The third kappa shape index (κ3) is 4.30. The van der Waals surface area contributed by atoms with Gasteiger partial charge in [0.05, 0.1) is 4.90 Å². The largest absolute Gasteiger partial charge is 0.310 e. The third-order valence-electron chi connectivity index (χ3n) is 3.31. The summed E-state index contributed by atoms with van der Waals surface area (Å²) >= 11 is 0. The molecule has 1 unspecified atom stereocenters. The minimum atomic E-state index is -3.37. The van der Waals surface area contributed by atoms with Crippen LogP contribution in [0.2, 0.25) is 0 Å². The molecule has 114 valence electrons. The molecule has 20 heavy (non-hydrogen) atoms. The van der Waals surface area contributed by atoms with E-state index < -0.39 is 10.0 Å². The van der Waals surface area contributed by atoms with Gasteiger partial charge in [0.2, 0.25) is 10.0 Å². The maximum absolute atomic E-state index is 12.4. The van der Waals surface area contributed by atoms with Crippen LogP contribution < -0.4 is 5.32 Å². The number of hydrogen-bond donors (Lipinski definition) is 1. The molecule has 1 aromatic rings. The van der Waals surface area contributed by atoms with Crippen molar-refractivity contribution in [3.05, 3.63) is 29.8 Å². The number of benzene rings is 1. The van der Waals surface area contributed by atoms with E-state index in [1.165, 1.54) is 4.31 Å². The summed E-state index contributed by atoms with van der Waals surface area (Å²) in [6.45, 7) is 7.60. The fraction of sp³-hybridized carbons (Fsp3) is 0.600. The average Bonchev–Trinajstić information content (AvgIpc) is 2.45. The monoisotopic (exact) mass is 298 g/mol. The lowest BCUT2D eigenvalue weighted by Gasteiger charge is -2.18. The molecule has 0 spiro atoms. The van der Waals surface area contributed by atoms with Gasteiger partial charge in [-0.3, -0.25) is 0 Å². The number of sulfonamides is 1. The highest BCUT2D eigenvalue weighted by molar-refractivity contribution is 7.89. The van der Waals surface area contributed by atoms with Gasteiger partial charge in [0.15, 0.2) is 0 Å². The van der Waals surface area contributed by atoms with Crippen molar-refractivity contribution in [3.63, 3.8) is 0 Å². The molecular weight excluding hydrogens is 272 g/mol. The van der Waals surface area contributed by atoms with Crippen LogP contribution in [0.3, 0.4) is 0 Å². The molecule has 1 N–H and O–H groups in total.